The van der Waals surface area contributed by atoms with Gasteiger partial charge in [-0.05, 0) is 42.7 Å². The van der Waals surface area contributed by atoms with E-state index in [2.05, 4.69) is 10.6 Å². The number of nitrogens with one attached hydrogen (secondary N) is 2. The fourth-order valence-electron chi connectivity index (χ4n) is 3.01. The van der Waals surface area contributed by atoms with Gasteiger partial charge in [0.05, 0.1) is 12.3 Å². The van der Waals surface area contributed by atoms with Gasteiger partial charge in [-0.25, -0.2) is 0 Å². The van der Waals surface area contributed by atoms with Gasteiger partial charge in [-0.15, -0.1) is 0 Å². The Morgan fingerprint density at radius 2 is 1.81 bits per heavy atom. The van der Waals surface area contributed by atoms with Gasteiger partial charge >= 0.3 is 0 Å². The smallest absolute Gasteiger partial charge is 0.289 e. The van der Waals surface area contributed by atoms with E-state index >= 15 is 0 Å². The van der Waals surface area contributed by atoms with E-state index in [1.165, 1.54) is 4.90 Å². The molecular formula is C22H21N3O5S. The van der Waals surface area contributed by atoms with Gasteiger partial charge in [-0.1, -0.05) is 30.0 Å². The Morgan fingerprint density at radius 3 is 2.48 bits per heavy atom. The van der Waals surface area contributed by atoms with E-state index in [0.29, 0.717) is 17.1 Å². The molecule has 1 heterocycles. The first-order valence-corrected chi connectivity index (χ1v) is 10.9. The van der Waals surface area contributed by atoms with E-state index in [0.717, 1.165) is 30.2 Å². The summed E-state index contributed by atoms with van der Waals surface area (Å²) in [7, 11) is 0. The molecule has 2 aromatic rings. The van der Waals surface area contributed by atoms with Crippen molar-refractivity contribution in [3.8, 4) is 5.75 Å². The Morgan fingerprint density at radius 1 is 1.03 bits per heavy atom. The number of imide groups is 1. The minimum atomic E-state index is -0.332. The van der Waals surface area contributed by atoms with Crippen LogP contribution in [0.4, 0.5) is 16.2 Å². The van der Waals surface area contributed by atoms with Crippen molar-refractivity contribution in [3.05, 3.63) is 54.1 Å². The minimum absolute atomic E-state index is 0.00978. The van der Waals surface area contributed by atoms with Crippen LogP contribution in [0, 0.1) is 5.92 Å². The van der Waals surface area contributed by atoms with Crippen LogP contribution in [0.25, 0.3) is 0 Å². The number of carbonyl (C=O) groups excluding carboxylic acids is 4. The van der Waals surface area contributed by atoms with Crippen LogP contribution in [0.5, 0.6) is 5.75 Å². The molecule has 0 unspecified atom stereocenters. The molecule has 2 aliphatic rings. The molecule has 1 aliphatic carbocycles. The van der Waals surface area contributed by atoms with Crippen LogP contribution in [0.3, 0.4) is 0 Å². The lowest BCUT2D eigenvalue weighted by molar-refractivity contribution is -0.125. The second-order valence-corrected chi connectivity index (χ2v) is 8.29. The number of benzene rings is 2. The molecule has 2 N–H and O–H groups in total. The molecule has 0 atom stereocenters. The highest BCUT2D eigenvalue weighted by atomic mass is 32.2. The van der Waals surface area contributed by atoms with Crippen molar-refractivity contribution >= 4 is 46.1 Å². The lowest BCUT2D eigenvalue weighted by atomic mass is 10.2. The van der Waals surface area contributed by atoms with Crippen LogP contribution in [-0.4, -0.2) is 40.2 Å². The molecule has 8 nitrogen and oxygen atoms in total. The Labute approximate surface area is 183 Å². The predicted octanol–water partition coefficient (Wildman–Crippen LogP) is 3.25. The number of thioether (sulfide) groups is 1. The second-order valence-electron chi connectivity index (χ2n) is 7.36. The molecule has 0 bridgehead atoms. The highest BCUT2D eigenvalue weighted by Gasteiger charge is 2.30. The summed E-state index contributed by atoms with van der Waals surface area (Å²) < 4.78 is 5.53. The van der Waals surface area contributed by atoms with Crippen molar-refractivity contribution in [2.45, 2.75) is 19.4 Å². The Kier molecular flexibility index (Phi) is 6.22. The molecule has 4 rings (SSSR count). The largest absolute Gasteiger partial charge is 0.484 e. The number of hydrogen-bond donors (Lipinski definition) is 2. The number of amides is 4. The number of anilines is 2. The van der Waals surface area contributed by atoms with Gasteiger partial charge in [0.25, 0.3) is 11.1 Å². The average Bonchev–Trinajstić information content (AvgIpc) is 3.57. The van der Waals surface area contributed by atoms with E-state index in [1.807, 2.05) is 0 Å². The summed E-state index contributed by atoms with van der Waals surface area (Å²) >= 11 is 1.00. The number of hydrogen-bond acceptors (Lipinski definition) is 6. The third-order valence-electron chi connectivity index (χ3n) is 4.84. The average molecular weight is 439 g/mol. The number of rotatable bonds is 8. The third-order valence-corrected chi connectivity index (χ3v) is 5.70. The molecule has 0 radical (unpaired) electrons. The van der Waals surface area contributed by atoms with E-state index in [4.69, 9.17) is 4.74 Å². The van der Waals surface area contributed by atoms with Gasteiger partial charge in [0.1, 0.15) is 5.75 Å². The fourth-order valence-corrected chi connectivity index (χ4v) is 3.73. The quantitative estimate of drug-likeness (QED) is 0.654. The number of nitrogens with zero attached hydrogens (tertiary/aromatic N) is 1. The second kappa shape index (κ2) is 9.22. The maximum absolute atomic E-state index is 12.2. The lowest BCUT2D eigenvalue weighted by Gasteiger charge is -2.13. The monoisotopic (exact) mass is 439 g/mol. The van der Waals surface area contributed by atoms with Gasteiger partial charge in [0.15, 0.2) is 6.61 Å². The Balaban J connectivity index is 1.25. The Hall–Kier alpha value is -3.33. The van der Waals surface area contributed by atoms with Crippen molar-refractivity contribution in [3.63, 3.8) is 0 Å². The molecule has 1 aliphatic heterocycles. The van der Waals surface area contributed by atoms with Crippen molar-refractivity contribution in [1.29, 1.82) is 0 Å². The lowest BCUT2D eigenvalue weighted by Crippen LogP contribution is -2.27. The van der Waals surface area contributed by atoms with E-state index < -0.39 is 0 Å². The first-order chi connectivity index (χ1) is 15.0. The Bertz CT molecular complexity index is 1000. The minimum Gasteiger partial charge on any atom is -0.484 e. The molecule has 0 aromatic heterocycles. The standard InChI is InChI=1S/C22H21N3O5S/c26-19(12-30-18-3-1-2-17(10-18)24-21(28)15-6-7-15)23-16-8-4-14(5-9-16)11-25-20(27)13-31-22(25)29/h1-5,8-10,15H,6-7,11-13H2,(H,23,26)(H,24,28). The van der Waals surface area contributed by atoms with Gasteiger partial charge in [-0.2, -0.15) is 0 Å². The molecule has 31 heavy (non-hydrogen) atoms. The molecule has 2 aromatic carbocycles. The van der Waals surface area contributed by atoms with Crippen LogP contribution in [-0.2, 0) is 20.9 Å². The van der Waals surface area contributed by atoms with Gasteiger partial charge in [0, 0.05) is 23.4 Å². The zero-order valence-corrected chi connectivity index (χ0v) is 17.4. The zero-order valence-electron chi connectivity index (χ0n) is 16.6. The molecular weight excluding hydrogens is 418 g/mol. The maximum Gasteiger partial charge on any atom is 0.289 e. The first kappa shape index (κ1) is 20.9. The highest BCUT2D eigenvalue weighted by Crippen LogP contribution is 2.30. The SMILES string of the molecule is O=C(COc1cccc(NC(=O)C2CC2)c1)Nc1ccc(CN2C(=O)CSC2=O)cc1. The summed E-state index contributed by atoms with van der Waals surface area (Å²) in [4.78, 5) is 48.6. The molecule has 160 valence electrons. The molecule has 1 saturated carbocycles. The van der Waals surface area contributed by atoms with Crippen LogP contribution >= 0.6 is 11.8 Å². The van der Waals surface area contributed by atoms with Crippen molar-refractivity contribution < 1.29 is 23.9 Å². The molecule has 1 saturated heterocycles. The van der Waals surface area contributed by atoms with E-state index in [-0.39, 0.29) is 47.8 Å². The first-order valence-electron chi connectivity index (χ1n) is 9.87. The van der Waals surface area contributed by atoms with Crippen LogP contribution in [0.1, 0.15) is 18.4 Å². The van der Waals surface area contributed by atoms with Gasteiger partial charge < -0.3 is 15.4 Å². The van der Waals surface area contributed by atoms with Crippen molar-refractivity contribution in [2.75, 3.05) is 23.0 Å². The molecule has 4 amide bonds. The van der Waals surface area contributed by atoms with Crippen LogP contribution < -0.4 is 15.4 Å². The summed E-state index contributed by atoms with van der Waals surface area (Å²) in [5.41, 5.74) is 2.01. The third kappa shape index (κ3) is 5.64. The molecule has 2 fully saturated rings. The van der Waals surface area contributed by atoms with Gasteiger partial charge in [0.2, 0.25) is 11.8 Å². The van der Waals surface area contributed by atoms with Crippen LogP contribution in [0.2, 0.25) is 0 Å². The number of ether oxygens (including phenoxy) is 1. The summed E-state index contributed by atoms with van der Waals surface area (Å²) in [6.07, 6.45) is 1.85. The number of carbonyl (C=O) groups is 4. The molecule has 9 heteroatoms. The summed E-state index contributed by atoms with van der Waals surface area (Å²) in [5.74, 6) is 0.259. The topological polar surface area (TPSA) is 105 Å². The molecule has 0 spiro atoms. The van der Waals surface area contributed by atoms with E-state index in [1.54, 1.807) is 48.5 Å². The summed E-state index contributed by atoms with van der Waals surface area (Å²) in [6.45, 7) is 0.0331. The normalized spacial score (nSPS) is 15.7. The fraction of sp³-hybridized carbons (Fsp3) is 0.273. The summed E-state index contributed by atoms with van der Waals surface area (Å²) in [5, 5.41) is 5.34. The van der Waals surface area contributed by atoms with Crippen molar-refractivity contribution in [1.82, 2.24) is 4.90 Å². The zero-order chi connectivity index (χ0) is 21.8. The van der Waals surface area contributed by atoms with E-state index in [9.17, 15) is 19.2 Å². The maximum atomic E-state index is 12.2. The van der Waals surface area contributed by atoms with Gasteiger partial charge in [-0.3, -0.25) is 24.1 Å². The van der Waals surface area contributed by atoms with Crippen LogP contribution in [0.15, 0.2) is 48.5 Å². The highest BCUT2D eigenvalue weighted by molar-refractivity contribution is 8.14. The summed E-state index contributed by atoms with van der Waals surface area (Å²) in [6, 6.07) is 13.9. The van der Waals surface area contributed by atoms with Crippen molar-refractivity contribution in [2.24, 2.45) is 5.92 Å². The predicted molar refractivity (Wildman–Crippen MR) is 117 cm³/mol.